The Morgan fingerprint density at radius 2 is 1.76 bits per heavy atom. The lowest BCUT2D eigenvalue weighted by atomic mass is 9.74. The molecule has 158 valence electrons. The maximum absolute atomic E-state index is 12.8. The van der Waals surface area contributed by atoms with Gasteiger partial charge in [0.1, 0.15) is 0 Å². The van der Waals surface area contributed by atoms with Gasteiger partial charge in [-0.15, -0.1) is 0 Å². The SMILES string of the molecule is CC=NC(=NC)N1CCN(C(=O)CC2(O)CCC(c3ccc(N)cc3)CC2)CC1. The molecule has 7 heteroatoms. The van der Waals surface area contributed by atoms with Crippen molar-refractivity contribution in [1.82, 2.24) is 9.80 Å². The van der Waals surface area contributed by atoms with Crippen LogP contribution in [0.5, 0.6) is 0 Å². The van der Waals surface area contributed by atoms with Gasteiger partial charge >= 0.3 is 0 Å². The number of benzene rings is 1. The van der Waals surface area contributed by atoms with Crippen LogP contribution in [0.4, 0.5) is 5.69 Å². The first kappa shape index (κ1) is 21.3. The number of hydrogen-bond donors (Lipinski definition) is 2. The lowest BCUT2D eigenvalue weighted by Crippen LogP contribution is -2.52. The summed E-state index contributed by atoms with van der Waals surface area (Å²) in [6.45, 7) is 4.58. The number of piperazine rings is 1. The first-order chi connectivity index (χ1) is 13.9. The summed E-state index contributed by atoms with van der Waals surface area (Å²) in [5, 5.41) is 11.0. The van der Waals surface area contributed by atoms with Crippen molar-refractivity contribution in [3.8, 4) is 0 Å². The molecule has 1 heterocycles. The molecule has 0 unspecified atom stereocenters. The Balaban J connectivity index is 1.49. The number of nitrogen functional groups attached to an aromatic ring is 1. The molecule has 1 aromatic rings. The number of carbonyl (C=O) groups excluding carboxylic acids is 1. The van der Waals surface area contributed by atoms with E-state index in [9.17, 15) is 9.90 Å². The van der Waals surface area contributed by atoms with Gasteiger partial charge in [0.2, 0.25) is 11.9 Å². The molecule has 3 rings (SSSR count). The van der Waals surface area contributed by atoms with E-state index in [-0.39, 0.29) is 12.3 Å². The molecule has 29 heavy (non-hydrogen) atoms. The summed E-state index contributed by atoms with van der Waals surface area (Å²) < 4.78 is 0. The van der Waals surface area contributed by atoms with Gasteiger partial charge in [0.05, 0.1) is 12.0 Å². The Morgan fingerprint density at radius 1 is 1.17 bits per heavy atom. The molecular weight excluding hydrogens is 366 g/mol. The molecule has 2 aliphatic rings. The molecule has 0 radical (unpaired) electrons. The maximum Gasteiger partial charge on any atom is 0.225 e. The topological polar surface area (TPSA) is 94.5 Å². The third-order valence-electron chi connectivity index (χ3n) is 6.16. The average molecular weight is 400 g/mol. The van der Waals surface area contributed by atoms with Gasteiger partial charge in [-0.05, 0) is 56.2 Å². The van der Waals surface area contributed by atoms with E-state index in [1.165, 1.54) is 5.56 Å². The Labute approximate surface area is 173 Å². The van der Waals surface area contributed by atoms with Crippen molar-refractivity contribution in [2.24, 2.45) is 9.98 Å². The van der Waals surface area contributed by atoms with Gasteiger partial charge in [0, 0.05) is 45.1 Å². The zero-order valence-electron chi connectivity index (χ0n) is 17.5. The zero-order valence-corrected chi connectivity index (χ0v) is 17.5. The van der Waals surface area contributed by atoms with Gasteiger partial charge < -0.3 is 20.6 Å². The van der Waals surface area contributed by atoms with Crippen molar-refractivity contribution < 1.29 is 9.90 Å². The summed E-state index contributed by atoms with van der Waals surface area (Å²) >= 11 is 0. The summed E-state index contributed by atoms with van der Waals surface area (Å²) in [5.74, 6) is 1.19. The van der Waals surface area contributed by atoms with Gasteiger partial charge in [0.25, 0.3) is 0 Å². The molecule has 0 atom stereocenters. The number of nitrogens with two attached hydrogens (primary N) is 1. The Kier molecular flexibility index (Phi) is 6.90. The summed E-state index contributed by atoms with van der Waals surface area (Å²) in [4.78, 5) is 25.2. The summed E-state index contributed by atoms with van der Waals surface area (Å²) in [5.41, 5.74) is 6.93. The second kappa shape index (κ2) is 9.39. The number of guanidine groups is 1. The van der Waals surface area contributed by atoms with Crippen LogP contribution in [0.25, 0.3) is 0 Å². The molecule has 1 aromatic carbocycles. The van der Waals surface area contributed by atoms with Gasteiger partial charge in [-0.1, -0.05) is 12.1 Å². The highest BCUT2D eigenvalue weighted by molar-refractivity contribution is 5.87. The predicted octanol–water partition coefficient (Wildman–Crippen LogP) is 2.27. The zero-order chi connectivity index (χ0) is 20.9. The van der Waals surface area contributed by atoms with Crippen LogP contribution in [0, 0.1) is 0 Å². The van der Waals surface area contributed by atoms with E-state index >= 15 is 0 Å². The molecule has 7 nitrogen and oxygen atoms in total. The van der Waals surface area contributed by atoms with Gasteiger partial charge in [-0.25, -0.2) is 4.99 Å². The van der Waals surface area contributed by atoms with E-state index in [2.05, 4.69) is 27.0 Å². The molecule has 3 N–H and O–H groups in total. The number of amides is 1. The molecule has 0 aromatic heterocycles. The van der Waals surface area contributed by atoms with Crippen molar-refractivity contribution in [1.29, 1.82) is 0 Å². The molecule has 1 aliphatic heterocycles. The minimum Gasteiger partial charge on any atom is -0.399 e. The van der Waals surface area contributed by atoms with E-state index in [0.29, 0.717) is 50.9 Å². The molecule has 1 saturated heterocycles. The Hall–Kier alpha value is -2.41. The Morgan fingerprint density at radius 3 is 2.31 bits per heavy atom. The number of anilines is 1. The van der Waals surface area contributed by atoms with E-state index < -0.39 is 5.60 Å². The van der Waals surface area contributed by atoms with Crippen LogP contribution in [0.3, 0.4) is 0 Å². The minimum absolute atomic E-state index is 0.0482. The highest BCUT2D eigenvalue weighted by Gasteiger charge is 2.37. The lowest BCUT2D eigenvalue weighted by molar-refractivity contribution is -0.139. The van der Waals surface area contributed by atoms with Crippen molar-refractivity contribution >= 4 is 23.8 Å². The van der Waals surface area contributed by atoms with Crippen LogP contribution in [-0.4, -0.2) is 71.8 Å². The van der Waals surface area contributed by atoms with Crippen molar-refractivity contribution in [2.75, 3.05) is 39.0 Å². The Bertz CT molecular complexity index is 743. The lowest BCUT2D eigenvalue weighted by Gasteiger charge is -2.39. The van der Waals surface area contributed by atoms with Crippen molar-refractivity contribution in [2.45, 2.75) is 50.5 Å². The number of hydrogen-bond acceptors (Lipinski definition) is 4. The normalized spacial score (nSPS) is 26.2. The summed E-state index contributed by atoms with van der Waals surface area (Å²) in [7, 11) is 1.73. The first-order valence-electron chi connectivity index (χ1n) is 10.5. The van der Waals surface area contributed by atoms with Gasteiger partial charge in [-0.2, -0.15) is 0 Å². The molecule has 1 aliphatic carbocycles. The standard InChI is InChI=1S/C22H33N5O2/c1-3-25-21(24-2)27-14-12-26(13-15-27)20(28)16-22(29)10-8-18(9-11-22)17-4-6-19(23)7-5-17/h3-7,18,29H,8-16,23H2,1-2H3. The second-order valence-corrected chi connectivity index (χ2v) is 8.12. The largest absolute Gasteiger partial charge is 0.399 e. The maximum atomic E-state index is 12.8. The van der Waals surface area contributed by atoms with Crippen LogP contribution in [0.2, 0.25) is 0 Å². The quantitative estimate of drug-likeness (QED) is 0.463. The number of nitrogens with zero attached hydrogens (tertiary/aromatic N) is 4. The fourth-order valence-corrected chi connectivity index (χ4v) is 4.38. The molecule has 2 fully saturated rings. The van der Waals surface area contributed by atoms with E-state index in [0.717, 1.165) is 18.5 Å². The summed E-state index contributed by atoms with van der Waals surface area (Å²) in [6, 6.07) is 8.01. The molecular formula is C22H33N5O2. The average Bonchev–Trinajstić information content (AvgIpc) is 2.73. The van der Waals surface area contributed by atoms with Crippen LogP contribution in [0.1, 0.15) is 50.5 Å². The number of aliphatic hydroxyl groups is 1. The molecule has 0 bridgehead atoms. The summed E-state index contributed by atoms with van der Waals surface area (Å²) in [6.07, 6.45) is 5.05. The molecule has 1 amide bonds. The third kappa shape index (κ3) is 5.35. The first-order valence-corrected chi connectivity index (χ1v) is 10.5. The number of rotatable bonds is 3. The molecule has 0 spiro atoms. The van der Waals surface area contributed by atoms with Crippen LogP contribution in [-0.2, 0) is 4.79 Å². The van der Waals surface area contributed by atoms with Crippen LogP contribution >= 0.6 is 0 Å². The number of aliphatic imine (C=N–C) groups is 2. The van der Waals surface area contributed by atoms with E-state index in [4.69, 9.17) is 5.73 Å². The fourth-order valence-electron chi connectivity index (χ4n) is 4.38. The van der Waals surface area contributed by atoms with E-state index in [1.54, 1.807) is 13.3 Å². The van der Waals surface area contributed by atoms with Gasteiger partial charge in [0.15, 0.2) is 0 Å². The van der Waals surface area contributed by atoms with Gasteiger partial charge in [-0.3, -0.25) is 9.79 Å². The predicted molar refractivity (Wildman–Crippen MR) is 117 cm³/mol. The fraction of sp³-hybridized carbons (Fsp3) is 0.591. The van der Waals surface area contributed by atoms with Crippen LogP contribution in [0.15, 0.2) is 34.3 Å². The van der Waals surface area contributed by atoms with Crippen molar-refractivity contribution in [3.63, 3.8) is 0 Å². The highest BCUT2D eigenvalue weighted by atomic mass is 16.3. The third-order valence-corrected chi connectivity index (χ3v) is 6.16. The smallest absolute Gasteiger partial charge is 0.225 e. The minimum atomic E-state index is -0.888. The highest BCUT2D eigenvalue weighted by Crippen LogP contribution is 2.40. The van der Waals surface area contributed by atoms with E-state index in [1.807, 2.05) is 24.0 Å². The second-order valence-electron chi connectivity index (χ2n) is 8.12. The van der Waals surface area contributed by atoms with Crippen LogP contribution < -0.4 is 5.73 Å². The monoisotopic (exact) mass is 399 g/mol. The van der Waals surface area contributed by atoms with Crippen molar-refractivity contribution in [3.05, 3.63) is 29.8 Å². The molecule has 1 saturated carbocycles. The number of carbonyl (C=O) groups is 1.